The van der Waals surface area contributed by atoms with E-state index in [0.717, 1.165) is 0 Å². The molecule has 0 heterocycles. The minimum atomic E-state index is -3.86. The summed E-state index contributed by atoms with van der Waals surface area (Å²) in [5.74, 6) is 0.173. The first-order valence-electron chi connectivity index (χ1n) is 8.21. The smallest absolute Gasteiger partial charge is 0.261 e. The van der Waals surface area contributed by atoms with Crippen LogP contribution in [0.25, 0.3) is 0 Å². The van der Waals surface area contributed by atoms with Crippen LogP contribution in [-0.4, -0.2) is 21.4 Å². The molecule has 1 amide bonds. The molecular formula is C20H17ClN2O4S. The van der Waals surface area contributed by atoms with Crippen molar-refractivity contribution in [1.82, 2.24) is 0 Å². The number of carbonyl (C=O) groups is 1. The Balaban J connectivity index is 1.79. The zero-order valence-corrected chi connectivity index (χ0v) is 16.4. The number of benzene rings is 3. The summed E-state index contributed by atoms with van der Waals surface area (Å²) in [5, 5.41) is 3.17. The highest BCUT2D eigenvalue weighted by molar-refractivity contribution is 7.92. The van der Waals surface area contributed by atoms with E-state index in [0.29, 0.717) is 22.1 Å². The van der Waals surface area contributed by atoms with Crippen LogP contribution in [0.15, 0.2) is 77.7 Å². The predicted octanol–water partition coefficient (Wildman–Crippen LogP) is 4.40. The molecule has 8 heteroatoms. The number of halogens is 1. The molecule has 0 atom stereocenters. The SMILES string of the molecule is COc1ccc(NS(=O)(=O)c2cccc(C(=O)Nc3cccc(Cl)c3)c2)cc1. The lowest BCUT2D eigenvalue weighted by Crippen LogP contribution is -2.16. The number of hydrogen-bond acceptors (Lipinski definition) is 4. The highest BCUT2D eigenvalue weighted by Gasteiger charge is 2.17. The molecule has 3 rings (SSSR count). The molecule has 0 spiro atoms. The third-order valence-corrected chi connectivity index (χ3v) is 5.45. The Bertz CT molecular complexity index is 1100. The standard InChI is InChI=1S/C20H17ClN2O4S/c1-27-18-10-8-16(9-11-18)23-28(25,26)19-7-2-4-14(12-19)20(24)22-17-6-3-5-15(21)13-17/h2-13,23H,1H3,(H,22,24). The molecule has 0 aliphatic carbocycles. The van der Waals surface area contributed by atoms with Crippen molar-refractivity contribution in [3.05, 3.63) is 83.4 Å². The molecule has 144 valence electrons. The highest BCUT2D eigenvalue weighted by Crippen LogP contribution is 2.21. The maximum Gasteiger partial charge on any atom is 0.261 e. The number of sulfonamides is 1. The van der Waals surface area contributed by atoms with E-state index < -0.39 is 15.9 Å². The van der Waals surface area contributed by atoms with E-state index in [9.17, 15) is 13.2 Å². The summed E-state index contributed by atoms with van der Waals surface area (Å²) in [6.45, 7) is 0. The summed E-state index contributed by atoms with van der Waals surface area (Å²) in [6.07, 6.45) is 0. The topological polar surface area (TPSA) is 84.5 Å². The maximum absolute atomic E-state index is 12.6. The van der Waals surface area contributed by atoms with Gasteiger partial charge in [-0.15, -0.1) is 0 Å². The lowest BCUT2D eigenvalue weighted by molar-refractivity contribution is 0.102. The molecule has 0 aliphatic heterocycles. The second kappa shape index (κ2) is 8.33. The minimum Gasteiger partial charge on any atom is -0.497 e. The summed E-state index contributed by atoms with van der Waals surface area (Å²) in [4.78, 5) is 12.4. The Hall–Kier alpha value is -3.03. The first kappa shape index (κ1) is 19.7. The lowest BCUT2D eigenvalue weighted by Gasteiger charge is -2.10. The molecule has 6 nitrogen and oxygen atoms in total. The van der Waals surface area contributed by atoms with Gasteiger partial charge >= 0.3 is 0 Å². The molecule has 0 aliphatic rings. The number of nitrogens with one attached hydrogen (secondary N) is 2. The van der Waals surface area contributed by atoms with Gasteiger partial charge in [-0.25, -0.2) is 8.42 Å². The van der Waals surface area contributed by atoms with Crippen LogP contribution < -0.4 is 14.8 Å². The zero-order chi connectivity index (χ0) is 20.1. The quantitative estimate of drug-likeness (QED) is 0.623. The van der Waals surface area contributed by atoms with Crippen LogP contribution in [0.2, 0.25) is 5.02 Å². The third-order valence-electron chi connectivity index (χ3n) is 3.83. The van der Waals surface area contributed by atoms with Crippen LogP contribution in [0.5, 0.6) is 5.75 Å². The average molecular weight is 417 g/mol. The molecule has 0 saturated carbocycles. The van der Waals surface area contributed by atoms with Crippen molar-refractivity contribution >= 4 is 38.9 Å². The first-order valence-corrected chi connectivity index (χ1v) is 10.1. The van der Waals surface area contributed by atoms with Crippen molar-refractivity contribution in [2.45, 2.75) is 4.90 Å². The molecule has 0 bridgehead atoms. The molecular weight excluding hydrogens is 400 g/mol. The Kier molecular flexibility index (Phi) is 5.87. The number of anilines is 2. The highest BCUT2D eigenvalue weighted by atomic mass is 35.5. The lowest BCUT2D eigenvalue weighted by atomic mass is 10.2. The van der Waals surface area contributed by atoms with Gasteiger partial charge in [0.15, 0.2) is 0 Å². The third kappa shape index (κ3) is 4.82. The number of carbonyl (C=O) groups excluding carboxylic acids is 1. The van der Waals surface area contributed by atoms with Gasteiger partial charge in [0.1, 0.15) is 5.75 Å². The number of hydrogen-bond donors (Lipinski definition) is 2. The van der Waals surface area contributed by atoms with E-state index in [2.05, 4.69) is 10.0 Å². The average Bonchev–Trinajstić information content (AvgIpc) is 2.68. The molecule has 0 saturated heterocycles. The molecule has 0 fully saturated rings. The van der Waals surface area contributed by atoms with Gasteiger partial charge < -0.3 is 10.1 Å². The number of methoxy groups -OCH3 is 1. The Labute approximate surface area is 168 Å². The summed E-state index contributed by atoms with van der Waals surface area (Å²) < 4.78 is 32.8. The Morgan fingerprint density at radius 1 is 0.929 bits per heavy atom. The van der Waals surface area contributed by atoms with Crippen molar-refractivity contribution in [3.63, 3.8) is 0 Å². The van der Waals surface area contributed by atoms with Crippen LogP contribution in [-0.2, 0) is 10.0 Å². The van der Waals surface area contributed by atoms with Crippen molar-refractivity contribution in [2.75, 3.05) is 17.1 Å². The second-order valence-electron chi connectivity index (χ2n) is 5.83. The van der Waals surface area contributed by atoms with Gasteiger partial charge in [-0.1, -0.05) is 23.7 Å². The molecule has 3 aromatic carbocycles. The zero-order valence-electron chi connectivity index (χ0n) is 14.8. The van der Waals surface area contributed by atoms with Crippen molar-refractivity contribution < 1.29 is 17.9 Å². The first-order chi connectivity index (χ1) is 13.4. The van der Waals surface area contributed by atoms with Crippen molar-refractivity contribution in [3.8, 4) is 5.75 Å². The van der Waals surface area contributed by atoms with Gasteiger partial charge in [0, 0.05) is 22.0 Å². The van der Waals surface area contributed by atoms with Crippen LogP contribution in [0, 0.1) is 0 Å². The van der Waals surface area contributed by atoms with Gasteiger partial charge in [-0.2, -0.15) is 0 Å². The van der Waals surface area contributed by atoms with E-state index in [1.54, 1.807) is 48.5 Å². The fraction of sp³-hybridized carbons (Fsp3) is 0.0500. The van der Waals surface area contributed by atoms with Crippen molar-refractivity contribution in [2.24, 2.45) is 0 Å². The number of ether oxygens (including phenoxy) is 1. The number of rotatable bonds is 6. The molecule has 0 aromatic heterocycles. The maximum atomic E-state index is 12.6. The van der Waals surface area contributed by atoms with E-state index in [-0.39, 0.29) is 10.5 Å². The fourth-order valence-electron chi connectivity index (χ4n) is 2.45. The second-order valence-corrected chi connectivity index (χ2v) is 7.95. The summed E-state index contributed by atoms with van der Waals surface area (Å²) in [6, 6.07) is 18.9. The van der Waals surface area contributed by atoms with E-state index in [1.807, 2.05) is 0 Å². The Morgan fingerprint density at radius 3 is 2.32 bits per heavy atom. The van der Waals surface area contributed by atoms with Crippen LogP contribution in [0.4, 0.5) is 11.4 Å². The normalized spacial score (nSPS) is 10.9. The monoisotopic (exact) mass is 416 g/mol. The van der Waals surface area contributed by atoms with Crippen LogP contribution in [0.1, 0.15) is 10.4 Å². The molecule has 2 N–H and O–H groups in total. The van der Waals surface area contributed by atoms with Gasteiger partial charge in [0.2, 0.25) is 0 Å². The van der Waals surface area contributed by atoms with E-state index >= 15 is 0 Å². The van der Waals surface area contributed by atoms with Crippen LogP contribution >= 0.6 is 11.6 Å². The van der Waals surface area contributed by atoms with Crippen molar-refractivity contribution in [1.29, 1.82) is 0 Å². The van der Waals surface area contributed by atoms with Gasteiger partial charge in [0.05, 0.1) is 12.0 Å². The molecule has 0 unspecified atom stereocenters. The molecule has 3 aromatic rings. The fourth-order valence-corrected chi connectivity index (χ4v) is 3.74. The van der Waals surface area contributed by atoms with Crippen LogP contribution in [0.3, 0.4) is 0 Å². The van der Waals surface area contributed by atoms with E-state index in [1.165, 1.54) is 31.4 Å². The van der Waals surface area contributed by atoms with Gasteiger partial charge in [0.25, 0.3) is 15.9 Å². The summed E-state index contributed by atoms with van der Waals surface area (Å²) in [7, 11) is -2.33. The van der Waals surface area contributed by atoms with E-state index in [4.69, 9.17) is 16.3 Å². The predicted molar refractivity (Wildman–Crippen MR) is 110 cm³/mol. The minimum absolute atomic E-state index is 0.0259. The molecule has 0 radical (unpaired) electrons. The molecule has 28 heavy (non-hydrogen) atoms. The summed E-state index contributed by atoms with van der Waals surface area (Å²) >= 11 is 5.91. The summed E-state index contributed by atoms with van der Waals surface area (Å²) in [5.41, 5.74) is 1.11. The largest absolute Gasteiger partial charge is 0.497 e. The van der Waals surface area contributed by atoms with Gasteiger partial charge in [-0.3, -0.25) is 9.52 Å². The Morgan fingerprint density at radius 2 is 1.64 bits per heavy atom. The number of amides is 1. The van der Waals surface area contributed by atoms with Gasteiger partial charge in [-0.05, 0) is 60.7 Å².